The van der Waals surface area contributed by atoms with E-state index in [1.807, 2.05) is 0 Å². The van der Waals surface area contributed by atoms with Gasteiger partial charge in [0.1, 0.15) is 0 Å². The molecule has 1 rings (SSSR count). The first kappa shape index (κ1) is 16.4. The topological polar surface area (TPSA) is 66.4 Å². The second-order valence-electron chi connectivity index (χ2n) is 3.94. The van der Waals surface area contributed by atoms with Crippen LogP contribution in [-0.4, -0.2) is 37.7 Å². The maximum absolute atomic E-state index is 13.0. The molecule has 0 aromatic heterocycles. The molecule has 4 nitrogen and oxygen atoms in total. The molecule has 0 aliphatic rings. The highest BCUT2D eigenvalue weighted by Crippen LogP contribution is 2.16. The first-order valence-corrected chi connectivity index (χ1v) is 8.20. The summed E-state index contributed by atoms with van der Waals surface area (Å²) in [6.07, 6.45) is 1.74. The van der Waals surface area contributed by atoms with Gasteiger partial charge in [-0.1, -0.05) is 0 Å². The predicted octanol–water partition coefficient (Wildman–Crippen LogP) is 1.36. The third kappa shape index (κ3) is 4.13. The molecule has 108 valence electrons. The van der Waals surface area contributed by atoms with Crippen molar-refractivity contribution in [3.8, 4) is 0 Å². The molecule has 1 aromatic carbocycles. The molecule has 19 heavy (non-hydrogen) atoms. The van der Waals surface area contributed by atoms with Crippen molar-refractivity contribution in [1.29, 1.82) is 0 Å². The second-order valence-corrected chi connectivity index (χ2v) is 6.73. The number of hydrogen-bond acceptors (Lipinski definition) is 4. The van der Waals surface area contributed by atoms with Gasteiger partial charge in [-0.3, -0.25) is 0 Å². The SMILES string of the molecule is CSC(CO)C(C)NS(=O)(=O)c1ccc(F)c(F)c1. The Kier molecular flexibility index (Phi) is 5.72. The van der Waals surface area contributed by atoms with Crippen molar-refractivity contribution in [2.45, 2.75) is 23.1 Å². The largest absolute Gasteiger partial charge is 0.395 e. The van der Waals surface area contributed by atoms with Crippen LogP contribution in [-0.2, 0) is 10.0 Å². The molecule has 8 heteroatoms. The number of rotatable bonds is 6. The van der Waals surface area contributed by atoms with Crippen molar-refractivity contribution in [1.82, 2.24) is 4.72 Å². The van der Waals surface area contributed by atoms with E-state index < -0.39 is 27.7 Å². The van der Waals surface area contributed by atoms with Crippen LogP contribution in [0, 0.1) is 11.6 Å². The second kappa shape index (κ2) is 6.65. The molecule has 0 amide bonds. The lowest BCUT2D eigenvalue weighted by molar-refractivity contribution is 0.282. The molecule has 2 N–H and O–H groups in total. The number of sulfonamides is 1. The predicted molar refractivity (Wildman–Crippen MR) is 70.5 cm³/mol. The van der Waals surface area contributed by atoms with Crippen LogP contribution in [0.5, 0.6) is 0 Å². The van der Waals surface area contributed by atoms with E-state index in [0.717, 1.165) is 12.1 Å². The monoisotopic (exact) mass is 311 g/mol. The quantitative estimate of drug-likeness (QED) is 0.832. The zero-order valence-electron chi connectivity index (χ0n) is 10.4. The van der Waals surface area contributed by atoms with Crippen LogP contribution in [0.1, 0.15) is 6.92 Å². The highest BCUT2D eigenvalue weighted by Gasteiger charge is 2.23. The molecule has 0 saturated heterocycles. The summed E-state index contributed by atoms with van der Waals surface area (Å²) in [6, 6.07) is 1.82. The first-order valence-electron chi connectivity index (χ1n) is 5.43. The first-order chi connectivity index (χ1) is 8.81. The van der Waals surface area contributed by atoms with Gasteiger partial charge in [0.05, 0.1) is 11.5 Å². The van der Waals surface area contributed by atoms with Crippen molar-refractivity contribution >= 4 is 21.8 Å². The molecule has 0 fully saturated rings. The van der Waals surface area contributed by atoms with Gasteiger partial charge in [-0.25, -0.2) is 21.9 Å². The Morgan fingerprint density at radius 2 is 2.00 bits per heavy atom. The molecule has 0 spiro atoms. The lowest BCUT2D eigenvalue weighted by Crippen LogP contribution is -2.41. The van der Waals surface area contributed by atoms with Crippen molar-refractivity contribution in [2.75, 3.05) is 12.9 Å². The van der Waals surface area contributed by atoms with E-state index >= 15 is 0 Å². The summed E-state index contributed by atoms with van der Waals surface area (Å²) in [7, 11) is -3.95. The molecule has 0 saturated carbocycles. The summed E-state index contributed by atoms with van der Waals surface area (Å²) in [5.41, 5.74) is 0. The minimum Gasteiger partial charge on any atom is -0.395 e. The van der Waals surface area contributed by atoms with Gasteiger partial charge in [0.15, 0.2) is 11.6 Å². The van der Waals surface area contributed by atoms with Crippen LogP contribution in [0.4, 0.5) is 8.78 Å². The molecule has 0 heterocycles. The van der Waals surface area contributed by atoms with Gasteiger partial charge in [0, 0.05) is 11.3 Å². The summed E-state index contributed by atoms with van der Waals surface area (Å²) in [6.45, 7) is 1.40. The number of hydrogen-bond donors (Lipinski definition) is 2. The lowest BCUT2D eigenvalue weighted by Gasteiger charge is -2.21. The van der Waals surface area contributed by atoms with E-state index in [1.54, 1.807) is 13.2 Å². The molecule has 1 aromatic rings. The van der Waals surface area contributed by atoms with Crippen LogP contribution in [0.15, 0.2) is 23.1 Å². The number of aliphatic hydroxyl groups is 1. The van der Waals surface area contributed by atoms with Crippen molar-refractivity contribution in [3.63, 3.8) is 0 Å². The molecule has 0 aliphatic carbocycles. The van der Waals surface area contributed by atoms with Gasteiger partial charge in [-0.05, 0) is 31.4 Å². The third-order valence-electron chi connectivity index (χ3n) is 2.58. The molecule has 2 atom stereocenters. The number of thioether (sulfide) groups is 1. The zero-order valence-corrected chi connectivity index (χ0v) is 12.1. The Morgan fingerprint density at radius 1 is 1.37 bits per heavy atom. The summed E-state index contributed by atoms with van der Waals surface area (Å²) in [5.74, 6) is -2.33. The summed E-state index contributed by atoms with van der Waals surface area (Å²) >= 11 is 1.31. The third-order valence-corrected chi connectivity index (χ3v) is 5.30. The fourth-order valence-corrected chi connectivity index (χ4v) is 3.48. The summed E-state index contributed by atoms with van der Waals surface area (Å²) < 4.78 is 52.0. The van der Waals surface area contributed by atoms with E-state index in [2.05, 4.69) is 4.72 Å². The Balaban J connectivity index is 2.95. The Labute approximate surface area is 115 Å². The average Bonchev–Trinajstić information content (AvgIpc) is 2.33. The van der Waals surface area contributed by atoms with Crippen LogP contribution in [0.3, 0.4) is 0 Å². The lowest BCUT2D eigenvalue weighted by atomic mass is 10.3. The molecule has 0 radical (unpaired) electrons. The van der Waals surface area contributed by atoms with Crippen LogP contribution < -0.4 is 4.72 Å². The Bertz CT molecular complexity index is 533. The van der Waals surface area contributed by atoms with Crippen molar-refractivity contribution < 1.29 is 22.3 Å². The maximum Gasteiger partial charge on any atom is 0.240 e. The number of nitrogens with one attached hydrogen (secondary N) is 1. The van der Waals surface area contributed by atoms with Crippen LogP contribution in [0.25, 0.3) is 0 Å². The van der Waals surface area contributed by atoms with E-state index in [0.29, 0.717) is 6.07 Å². The van der Waals surface area contributed by atoms with Crippen molar-refractivity contribution in [3.05, 3.63) is 29.8 Å². The fourth-order valence-electron chi connectivity index (χ4n) is 1.47. The maximum atomic E-state index is 13.0. The number of halogens is 2. The van der Waals surface area contributed by atoms with E-state index in [4.69, 9.17) is 5.11 Å². The van der Waals surface area contributed by atoms with Gasteiger partial charge in [-0.15, -0.1) is 0 Å². The molecule has 0 aliphatic heterocycles. The Hall–Kier alpha value is -0.700. The zero-order chi connectivity index (χ0) is 14.6. The highest BCUT2D eigenvalue weighted by molar-refractivity contribution is 7.99. The van der Waals surface area contributed by atoms with Crippen LogP contribution in [0.2, 0.25) is 0 Å². The van der Waals surface area contributed by atoms with Gasteiger partial charge >= 0.3 is 0 Å². The van der Waals surface area contributed by atoms with Gasteiger partial charge in [0.25, 0.3) is 0 Å². The Morgan fingerprint density at radius 3 is 2.47 bits per heavy atom. The standard InChI is InChI=1S/C11H15F2NO3S2/c1-7(11(6-15)18-2)14-19(16,17)8-3-4-9(12)10(13)5-8/h3-5,7,11,14-15H,6H2,1-2H3. The van der Waals surface area contributed by atoms with Gasteiger partial charge < -0.3 is 5.11 Å². The minimum absolute atomic E-state index is 0.192. The fraction of sp³-hybridized carbons (Fsp3) is 0.455. The highest BCUT2D eigenvalue weighted by atomic mass is 32.2. The normalized spacial score (nSPS) is 15.2. The van der Waals surface area contributed by atoms with Crippen LogP contribution >= 0.6 is 11.8 Å². The van der Waals surface area contributed by atoms with Gasteiger partial charge in [0.2, 0.25) is 10.0 Å². The van der Waals surface area contributed by atoms with E-state index in [9.17, 15) is 17.2 Å². The van der Waals surface area contributed by atoms with E-state index in [1.165, 1.54) is 11.8 Å². The molecule has 0 bridgehead atoms. The summed E-state index contributed by atoms with van der Waals surface area (Å²) in [5, 5.41) is 8.76. The van der Waals surface area contributed by atoms with E-state index in [-0.39, 0.29) is 16.8 Å². The minimum atomic E-state index is -3.95. The number of benzene rings is 1. The summed E-state index contributed by atoms with van der Waals surface area (Å²) in [4.78, 5) is -0.351. The van der Waals surface area contributed by atoms with Gasteiger partial charge in [-0.2, -0.15) is 11.8 Å². The number of aliphatic hydroxyl groups excluding tert-OH is 1. The smallest absolute Gasteiger partial charge is 0.240 e. The molecule has 2 unspecified atom stereocenters. The average molecular weight is 311 g/mol. The molecular weight excluding hydrogens is 296 g/mol. The van der Waals surface area contributed by atoms with Crippen molar-refractivity contribution in [2.24, 2.45) is 0 Å². The molecular formula is C11H15F2NO3S2.